The maximum absolute atomic E-state index is 5.65. The van der Waals surface area contributed by atoms with Gasteiger partial charge in [0, 0.05) is 11.9 Å². The fourth-order valence-corrected chi connectivity index (χ4v) is 2.14. The van der Waals surface area contributed by atoms with Gasteiger partial charge in [0.25, 0.3) is 0 Å². The van der Waals surface area contributed by atoms with Crippen LogP contribution in [0.25, 0.3) is 0 Å². The Morgan fingerprint density at radius 2 is 1.61 bits per heavy atom. The first-order chi connectivity index (χ1) is 8.86. The quantitative estimate of drug-likeness (QED) is 0.465. The monoisotopic (exact) mass is 314 g/mol. The summed E-state index contributed by atoms with van der Waals surface area (Å²) in [5.41, 5.74) is 1.20. The summed E-state index contributed by atoms with van der Waals surface area (Å²) < 4.78 is 10.8. The Kier molecular flexibility index (Phi) is 8.96. The lowest BCUT2D eigenvalue weighted by molar-refractivity contribution is 0.116. The van der Waals surface area contributed by atoms with Crippen LogP contribution in [0, 0.1) is 0 Å². The lowest BCUT2D eigenvalue weighted by Crippen LogP contribution is -1.96. The Balaban J connectivity index is 2.00. The largest absolute Gasteiger partial charge is 0.497 e. The molecule has 0 aliphatic rings. The van der Waals surface area contributed by atoms with Crippen LogP contribution < -0.4 is 4.74 Å². The molecule has 102 valence electrons. The minimum absolute atomic E-state index is 0.700. The van der Waals surface area contributed by atoms with Crippen molar-refractivity contribution in [2.24, 2.45) is 0 Å². The maximum atomic E-state index is 5.65. The normalized spacial score (nSPS) is 10.6. The van der Waals surface area contributed by atoms with Gasteiger partial charge in [0.2, 0.25) is 0 Å². The molecule has 18 heavy (non-hydrogen) atoms. The summed E-state index contributed by atoms with van der Waals surface area (Å²) in [7, 11) is 1.68. The van der Waals surface area contributed by atoms with Crippen molar-refractivity contribution in [3.05, 3.63) is 29.8 Å². The van der Waals surface area contributed by atoms with E-state index in [1.807, 2.05) is 12.1 Å². The van der Waals surface area contributed by atoms with E-state index in [0.29, 0.717) is 6.61 Å². The fraction of sp³-hybridized carbons (Fsp3) is 0.600. The van der Waals surface area contributed by atoms with Crippen LogP contribution in [0.15, 0.2) is 24.3 Å². The summed E-state index contributed by atoms with van der Waals surface area (Å²) in [6, 6.07) is 8.04. The third-order valence-electron chi connectivity index (χ3n) is 2.85. The molecule has 1 rings (SSSR count). The van der Waals surface area contributed by atoms with Gasteiger partial charge in [-0.2, -0.15) is 0 Å². The van der Waals surface area contributed by atoms with E-state index in [4.69, 9.17) is 9.47 Å². The fourth-order valence-electron chi connectivity index (χ4n) is 1.74. The Bertz CT molecular complexity index is 298. The molecular weight excluding hydrogens is 292 g/mol. The minimum Gasteiger partial charge on any atom is -0.497 e. The first kappa shape index (κ1) is 15.5. The van der Waals surface area contributed by atoms with Crippen molar-refractivity contribution < 1.29 is 9.47 Å². The van der Waals surface area contributed by atoms with Gasteiger partial charge in [0.1, 0.15) is 5.75 Å². The smallest absolute Gasteiger partial charge is 0.118 e. The third kappa shape index (κ3) is 7.02. The Hall–Kier alpha value is -0.540. The van der Waals surface area contributed by atoms with Crippen LogP contribution in [0.3, 0.4) is 0 Å². The van der Waals surface area contributed by atoms with Gasteiger partial charge in [-0.25, -0.2) is 0 Å². The SMILES string of the molecule is COc1ccc(COCCCCCCCBr)cc1. The zero-order chi connectivity index (χ0) is 13.1. The molecule has 3 heteroatoms. The van der Waals surface area contributed by atoms with Gasteiger partial charge in [0.15, 0.2) is 0 Å². The summed E-state index contributed by atoms with van der Waals surface area (Å²) in [6.45, 7) is 1.56. The van der Waals surface area contributed by atoms with E-state index < -0.39 is 0 Å². The van der Waals surface area contributed by atoms with Gasteiger partial charge in [-0.05, 0) is 30.5 Å². The molecule has 0 atom stereocenters. The van der Waals surface area contributed by atoms with Crippen molar-refractivity contribution in [2.45, 2.75) is 38.7 Å². The predicted octanol–water partition coefficient (Wildman–Crippen LogP) is 4.56. The molecule has 0 saturated heterocycles. The second-order valence-electron chi connectivity index (χ2n) is 4.36. The first-order valence-electron chi connectivity index (χ1n) is 6.63. The lowest BCUT2D eigenvalue weighted by atomic mass is 10.2. The molecule has 0 N–H and O–H groups in total. The number of alkyl halides is 1. The topological polar surface area (TPSA) is 18.5 Å². The van der Waals surface area contributed by atoms with Gasteiger partial charge >= 0.3 is 0 Å². The molecule has 0 fully saturated rings. The van der Waals surface area contributed by atoms with Crippen LogP contribution in [-0.4, -0.2) is 19.0 Å². The molecule has 2 nitrogen and oxygen atoms in total. The summed E-state index contributed by atoms with van der Waals surface area (Å²) in [6.07, 6.45) is 6.36. The van der Waals surface area contributed by atoms with E-state index in [-0.39, 0.29) is 0 Å². The van der Waals surface area contributed by atoms with Crippen LogP contribution in [0.2, 0.25) is 0 Å². The zero-order valence-corrected chi connectivity index (χ0v) is 12.7. The zero-order valence-electron chi connectivity index (χ0n) is 11.2. The van der Waals surface area contributed by atoms with Crippen molar-refractivity contribution >= 4 is 15.9 Å². The molecule has 0 spiro atoms. The summed E-state index contributed by atoms with van der Waals surface area (Å²) >= 11 is 3.45. The van der Waals surface area contributed by atoms with Crippen molar-refractivity contribution in [1.82, 2.24) is 0 Å². The summed E-state index contributed by atoms with van der Waals surface area (Å²) in [5.74, 6) is 0.894. The minimum atomic E-state index is 0.700. The average molecular weight is 315 g/mol. The Labute approximate surface area is 119 Å². The van der Waals surface area contributed by atoms with E-state index in [0.717, 1.165) is 17.7 Å². The molecule has 0 aliphatic heterocycles. The predicted molar refractivity (Wildman–Crippen MR) is 79.5 cm³/mol. The molecule has 0 aliphatic carbocycles. The number of hydrogen-bond acceptors (Lipinski definition) is 2. The molecule has 0 amide bonds. The highest BCUT2D eigenvalue weighted by Crippen LogP contribution is 2.12. The number of unbranched alkanes of at least 4 members (excludes halogenated alkanes) is 4. The van der Waals surface area contributed by atoms with Gasteiger partial charge < -0.3 is 9.47 Å². The van der Waals surface area contributed by atoms with E-state index in [1.165, 1.54) is 37.7 Å². The highest BCUT2D eigenvalue weighted by Gasteiger charge is 1.95. The third-order valence-corrected chi connectivity index (χ3v) is 3.41. The number of hydrogen-bond donors (Lipinski definition) is 0. The van der Waals surface area contributed by atoms with Crippen LogP contribution in [0.5, 0.6) is 5.75 Å². The number of ether oxygens (including phenoxy) is 2. The summed E-state index contributed by atoms with van der Waals surface area (Å²) in [5, 5.41) is 1.13. The molecule has 0 aromatic heterocycles. The van der Waals surface area contributed by atoms with Crippen molar-refractivity contribution in [3.8, 4) is 5.75 Å². The Morgan fingerprint density at radius 3 is 2.28 bits per heavy atom. The highest BCUT2D eigenvalue weighted by molar-refractivity contribution is 9.09. The molecular formula is C15H23BrO2. The second-order valence-corrected chi connectivity index (χ2v) is 5.15. The van der Waals surface area contributed by atoms with E-state index in [9.17, 15) is 0 Å². The first-order valence-corrected chi connectivity index (χ1v) is 7.75. The second kappa shape index (κ2) is 10.4. The standard InChI is InChI=1S/C15H23BrO2/c1-17-15-9-7-14(8-10-15)13-18-12-6-4-2-3-5-11-16/h7-10H,2-6,11-13H2,1H3. The van der Waals surface area contributed by atoms with E-state index in [1.54, 1.807) is 7.11 Å². The molecule has 0 unspecified atom stereocenters. The molecule has 0 heterocycles. The molecule has 0 radical (unpaired) electrons. The molecule has 0 bridgehead atoms. The van der Waals surface area contributed by atoms with Gasteiger partial charge in [0.05, 0.1) is 13.7 Å². The number of halogens is 1. The molecule has 1 aromatic rings. The Morgan fingerprint density at radius 1 is 0.944 bits per heavy atom. The number of methoxy groups -OCH3 is 1. The number of rotatable bonds is 10. The van der Waals surface area contributed by atoms with Crippen LogP contribution >= 0.6 is 15.9 Å². The molecule has 1 aromatic carbocycles. The highest BCUT2D eigenvalue weighted by atomic mass is 79.9. The van der Waals surface area contributed by atoms with E-state index in [2.05, 4.69) is 28.1 Å². The van der Waals surface area contributed by atoms with Gasteiger partial charge in [-0.15, -0.1) is 0 Å². The maximum Gasteiger partial charge on any atom is 0.118 e. The van der Waals surface area contributed by atoms with Crippen molar-refractivity contribution in [2.75, 3.05) is 19.0 Å². The van der Waals surface area contributed by atoms with Crippen LogP contribution in [0.4, 0.5) is 0 Å². The van der Waals surface area contributed by atoms with Gasteiger partial charge in [-0.1, -0.05) is 47.3 Å². The van der Waals surface area contributed by atoms with E-state index >= 15 is 0 Å². The van der Waals surface area contributed by atoms with Crippen molar-refractivity contribution in [3.63, 3.8) is 0 Å². The summed E-state index contributed by atoms with van der Waals surface area (Å²) in [4.78, 5) is 0. The molecule has 0 saturated carbocycles. The van der Waals surface area contributed by atoms with Crippen LogP contribution in [0.1, 0.15) is 37.7 Å². The van der Waals surface area contributed by atoms with Crippen LogP contribution in [-0.2, 0) is 11.3 Å². The lowest BCUT2D eigenvalue weighted by Gasteiger charge is -2.05. The van der Waals surface area contributed by atoms with Gasteiger partial charge in [-0.3, -0.25) is 0 Å². The average Bonchev–Trinajstić information content (AvgIpc) is 2.42. The number of benzene rings is 1. The van der Waals surface area contributed by atoms with Crippen molar-refractivity contribution in [1.29, 1.82) is 0 Å².